The van der Waals surface area contributed by atoms with E-state index in [0.29, 0.717) is 17.4 Å². The number of halogens is 1. The summed E-state index contributed by atoms with van der Waals surface area (Å²) in [4.78, 5) is 25.3. The molecule has 3 N–H and O–H groups in total. The second-order valence-corrected chi connectivity index (χ2v) is 8.20. The van der Waals surface area contributed by atoms with Crippen LogP contribution in [0.4, 0.5) is 0 Å². The molecule has 0 saturated carbocycles. The van der Waals surface area contributed by atoms with Gasteiger partial charge in [0.15, 0.2) is 11.5 Å². The summed E-state index contributed by atoms with van der Waals surface area (Å²) in [5.41, 5.74) is 2.54. The number of thioether (sulfide) groups is 1. The Labute approximate surface area is 144 Å². The minimum Gasteiger partial charge on any atom is -0.504 e. The van der Waals surface area contributed by atoms with Crippen molar-refractivity contribution in [1.29, 1.82) is 0 Å². The number of phenolic OH excluding ortho intramolecular Hbond substituents is 2. The first kappa shape index (κ1) is 16.1. The van der Waals surface area contributed by atoms with E-state index >= 15 is 0 Å². The van der Waals surface area contributed by atoms with E-state index in [1.165, 1.54) is 6.07 Å². The van der Waals surface area contributed by atoms with Crippen LogP contribution in [0, 0.1) is 0 Å². The summed E-state index contributed by atoms with van der Waals surface area (Å²) in [5.74, 6) is -1.08. The third-order valence-corrected chi connectivity index (χ3v) is 5.84. The molecule has 2 aliphatic heterocycles. The van der Waals surface area contributed by atoms with Gasteiger partial charge in [-0.05, 0) is 35.0 Å². The van der Waals surface area contributed by atoms with Crippen molar-refractivity contribution in [2.24, 2.45) is 5.10 Å². The molecule has 2 heterocycles. The second kappa shape index (κ2) is 5.72. The molecule has 23 heavy (non-hydrogen) atoms. The molecule has 0 spiro atoms. The highest BCUT2D eigenvalue weighted by molar-refractivity contribution is 9.10. The maximum atomic E-state index is 12.1. The van der Waals surface area contributed by atoms with Gasteiger partial charge >= 0.3 is 0 Å². The Balaban J connectivity index is 1.65. The van der Waals surface area contributed by atoms with E-state index in [1.807, 2.05) is 6.92 Å². The molecule has 0 radical (unpaired) electrons. The van der Waals surface area contributed by atoms with Crippen LogP contribution in [0.5, 0.6) is 11.5 Å². The Morgan fingerprint density at radius 2 is 2.22 bits per heavy atom. The summed E-state index contributed by atoms with van der Waals surface area (Å²) in [7, 11) is 0. The molecule has 0 aliphatic carbocycles. The quantitative estimate of drug-likeness (QED) is 0.310. The first-order valence-electron chi connectivity index (χ1n) is 6.82. The van der Waals surface area contributed by atoms with Gasteiger partial charge in [-0.25, -0.2) is 5.43 Å². The van der Waals surface area contributed by atoms with Crippen molar-refractivity contribution in [3.8, 4) is 11.5 Å². The van der Waals surface area contributed by atoms with Gasteiger partial charge in [-0.15, -0.1) is 11.8 Å². The zero-order valence-electron chi connectivity index (χ0n) is 12.1. The summed E-state index contributed by atoms with van der Waals surface area (Å²) in [6, 6.07) is 2.39. The number of hydrazone groups is 1. The normalized spacial score (nSPS) is 26.3. The van der Waals surface area contributed by atoms with Crippen molar-refractivity contribution < 1.29 is 19.8 Å². The summed E-state index contributed by atoms with van der Waals surface area (Å²) in [6.45, 7) is 2.53. The second-order valence-electron chi connectivity index (χ2n) is 5.63. The number of β-lactam (4-membered cyclic amide) rings is 1. The number of aromatic hydroxyl groups is 2. The zero-order chi connectivity index (χ0) is 16.8. The number of amides is 2. The Hall–Kier alpha value is -1.74. The van der Waals surface area contributed by atoms with Crippen LogP contribution in [0.25, 0.3) is 0 Å². The van der Waals surface area contributed by atoms with E-state index < -0.39 is 5.91 Å². The third kappa shape index (κ3) is 3.02. The highest BCUT2D eigenvalue weighted by Crippen LogP contribution is 2.45. The number of hydrogen-bond acceptors (Lipinski definition) is 6. The topological polar surface area (TPSA) is 102 Å². The lowest BCUT2D eigenvalue weighted by Gasteiger charge is -2.32. The van der Waals surface area contributed by atoms with Crippen molar-refractivity contribution in [2.45, 2.75) is 23.5 Å². The Bertz CT molecular complexity index is 726. The number of nitrogens with one attached hydrogen (secondary N) is 1. The summed E-state index contributed by atoms with van der Waals surface area (Å²) in [5, 5.41) is 23.0. The van der Waals surface area contributed by atoms with E-state index in [2.05, 4.69) is 26.5 Å². The van der Waals surface area contributed by atoms with Crippen LogP contribution in [0.2, 0.25) is 0 Å². The average Bonchev–Trinajstić information content (AvgIpc) is 2.75. The molecule has 1 aromatic rings. The van der Waals surface area contributed by atoms with Gasteiger partial charge in [0.2, 0.25) is 5.91 Å². The van der Waals surface area contributed by atoms with Crippen LogP contribution in [0.1, 0.15) is 23.7 Å². The highest BCUT2D eigenvalue weighted by Gasteiger charge is 2.49. The minimum atomic E-state index is -0.519. The Kier molecular flexibility index (Phi) is 4.01. The molecule has 2 saturated heterocycles. The molecule has 0 aromatic heterocycles. The van der Waals surface area contributed by atoms with Crippen LogP contribution in [0.3, 0.4) is 0 Å². The monoisotopic (exact) mass is 399 g/mol. The predicted molar refractivity (Wildman–Crippen MR) is 89.5 cm³/mol. The van der Waals surface area contributed by atoms with Crippen LogP contribution in [-0.2, 0) is 4.79 Å². The highest BCUT2D eigenvalue weighted by atomic mass is 79.9. The van der Waals surface area contributed by atoms with Crippen LogP contribution in [-0.4, -0.2) is 49.8 Å². The molecule has 7 nitrogen and oxygen atoms in total. The van der Waals surface area contributed by atoms with Gasteiger partial charge in [-0.3, -0.25) is 9.59 Å². The molecule has 0 bridgehead atoms. The van der Waals surface area contributed by atoms with Crippen LogP contribution >= 0.6 is 27.7 Å². The van der Waals surface area contributed by atoms with Gasteiger partial charge in [-0.1, -0.05) is 0 Å². The minimum absolute atomic E-state index is 0.146. The van der Waals surface area contributed by atoms with Crippen molar-refractivity contribution >= 4 is 45.7 Å². The van der Waals surface area contributed by atoms with Crippen molar-refractivity contribution in [2.75, 3.05) is 6.54 Å². The fourth-order valence-corrected chi connectivity index (χ4v) is 4.50. The standard InChI is InChI=1S/C14H14BrN3O4S/c1-14(6-18-11(21)4-12(18)23-14)5-16-17-13(22)7-2-9(19)10(20)3-8(7)15/h2-3,5,12,19-20H,4,6H2,1H3,(H,17,22)/b16-5+/t12-,14+/m1/s1. The van der Waals surface area contributed by atoms with Crippen LogP contribution < -0.4 is 5.43 Å². The molecule has 0 unspecified atom stereocenters. The fourth-order valence-electron chi connectivity index (χ4n) is 2.49. The van der Waals surface area contributed by atoms with E-state index in [9.17, 15) is 19.8 Å². The number of hydrogen-bond donors (Lipinski definition) is 3. The van der Waals surface area contributed by atoms with E-state index in [0.717, 1.165) is 6.07 Å². The lowest BCUT2D eigenvalue weighted by molar-refractivity contribution is -0.140. The van der Waals surface area contributed by atoms with E-state index in [1.54, 1.807) is 22.9 Å². The van der Waals surface area contributed by atoms with Gasteiger partial charge in [-0.2, -0.15) is 5.10 Å². The first-order chi connectivity index (χ1) is 10.8. The largest absolute Gasteiger partial charge is 0.504 e. The van der Waals surface area contributed by atoms with Crippen molar-refractivity contribution in [3.63, 3.8) is 0 Å². The number of carbonyl (C=O) groups is 2. The van der Waals surface area contributed by atoms with E-state index in [4.69, 9.17) is 0 Å². The van der Waals surface area contributed by atoms with Crippen molar-refractivity contribution in [3.05, 3.63) is 22.2 Å². The average molecular weight is 400 g/mol. The SMILES string of the molecule is C[C@]1(/C=N/NC(=O)c2cc(O)c(O)cc2Br)CN2C(=O)C[C@H]2S1. The zero-order valence-corrected chi connectivity index (χ0v) is 14.5. The summed E-state index contributed by atoms with van der Waals surface area (Å²) < 4.78 is 0.00928. The molecule has 1 aromatic carbocycles. The summed E-state index contributed by atoms with van der Waals surface area (Å²) >= 11 is 4.79. The molecule has 3 rings (SSSR count). The van der Waals surface area contributed by atoms with Gasteiger partial charge < -0.3 is 15.1 Å². The molecule has 2 fully saturated rings. The fraction of sp³-hybridized carbons (Fsp3) is 0.357. The summed E-state index contributed by atoms with van der Waals surface area (Å²) in [6.07, 6.45) is 2.18. The lowest BCUT2D eigenvalue weighted by atomic mass is 10.1. The Morgan fingerprint density at radius 3 is 2.87 bits per heavy atom. The maximum absolute atomic E-state index is 12.1. The number of phenols is 2. The number of rotatable bonds is 3. The molecule has 9 heteroatoms. The molecule has 122 valence electrons. The molecule has 2 amide bonds. The molecular formula is C14H14BrN3O4S. The van der Waals surface area contributed by atoms with Gasteiger partial charge in [0.25, 0.3) is 5.91 Å². The van der Waals surface area contributed by atoms with Gasteiger partial charge in [0, 0.05) is 17.2 Å². The third-order valence-electron chi connectivity index (χ3n) is 3.72. The van der Waals surface area contributed by atoms with Crippen molar-refractivity contribution in [1.82, 2.24) is 10.3 Å². The smallest absolute Gasteiger partial charge is 0.272 e. The van der Waals surface area contributed by atoms with Gasteiger partial charge in [0.1, 0.15) is 0 Å². The van der Waals surface area contributed by atoms with Gasteiger partial charge in [0.05, 0.1) is 22.1 Å². The molecular weight excluding hydrogens is 386 g/mol. The van der Waals surface area contributed by atoms with E-state index in [-0.39, 0.29) is 33.1 Å². The molecule has 2 atom stereocenters. The number of benzene rings is 1. The predicted octanol–water partition coefficient (Wildman–Crippen LogP) is 1.64. The Morgan fingerprint density at radius 1 is 1.52 bits per heavy atom. The number of nitrogens with zero attached hydrogens (tertiary/aromatic N) is 2. The van der Waals surface area contributed by atoms with Crippen LogP contribution in [0.15, 0.2) is 21.7 Å². The number of fused-ring (bicyclic) bond motifs is 1. The molecule has 2 aliphatic rings. The maximum Gasteiger partial charge on any atom is 0.272 e. The first-order valence-corrected chi connectivity index (χ1v) is 8.50. The number of carbonyl (C=O) groups excluding carboxylic acids is 2. The lowest BCUT2D eigenvalue weighted by Crippen LogP contribution is -2.47.